The first-order valence-corrected chi connectivity index (χ1v) is 8.60. The largest absolute Gasteiger partial charge is 0.342 e. The molecular weight excluding hydrogens is 302 g/mol. The normalized spacial score (nSPS) is 24.6. The van der Waals surface area contributed by atoms with E-state index >= 15 is 0 Å². The van der Waals surface area contributed by atoms with Crippen molar-refractivity contribution in [2.24, 2.45) is 0 Å². The zero-order chi connectivity index (χ0) is 17.6. The van der Waals surface area contributed by atoms with Crippen molar-refractivity contribution in [3.8, 4) is 0 Å². The Morgan fingerprint density at radius 1 is 1.08 bits per heavy atom. The quantitative estimate of drug-likeness (QED) is 0.836. The number of carbonyl (C=O) groups is 2. The van der Waals surface area contributed by atoms with Gasteiger partial charge in [0, 0.05) is 26.7 Å². The zero-order valence-corrected chi connectivity index (χ0v) is 15.2. The lowest BCUT2D eigenvalue weighted by atomic mass is 9.87. The molecule has 1 aromatic carbocycles. The van der Waals surface area contributed by atoms with E-state index in [4.69, 9.17) is 0 Å². The Labute approximate surface area is 144 Å². The Morgan fingerprint density at radius 2 is 1.71 bits per heavy atom. The van der Waals surface area contributed by atoms with Crippen LogP contribution in [-0.2, 0) is 16.8 Å². The molecule has 130 valence electrons. The fourth-order valence-electron chi connectivity index (χ4n) is 3.67. The molecule has 2 heterocycles. The Morgan fingerprint density at radius 3 is 2.29 bits per heavy atom. The third-order valence-corrected chi connectivity index (χ3v) is 5.14. The molecule has 24 heavy (non-hydrogen) atoms. The molecular formula is C19H27N3O2. The standard InChI is InChI=1S/C19H27N3O2/c1-13-17(23)20(5)11-16-12-21(18(24)22(13)16)10-14-6-8-15(9-7-14)19(2,3)4/h6-9,13,16H,10-12H2,1-5H3/t13-,16+/m0/s1. The van der Waals surface area contributed by atoms with Gasteiger partial charge in [-0.15, -0.1) is 0 Å². The van der Waals surface area contributed by atoms with Gasteiger partial charge < -0.3 is 14.7 Å². The second kappa shape index (κ2) is 5.80. The molecule has 5 nitrogen and oxygen atoms in total. The highest BCUT2D eigenvalue weighted by atomic mass is 16.2. The molecule has 2 fully saturated rings. The summed E-state index contributed by atoms with van der Waals surface area (Å²) in [5.41, 5.74) is 2.55. The molecule has 0 bridgehead atoms. The number of piperazine rings is 1. The predicted octanol–water partition coefficient (Wildman–Crippen LogP) is 2.45. The van der Waals surface area contributed by atoms with Crippen LogP contribution in [0.2, 0.25) is 0 Å². The van der Waals surface area contributed by atoms with Crippen LogP contribution >= 0.6 is 0 Å². The Kier molecular flexibility index (Phi) is 4.06. The number of benzene rings is 1. The number of likely N-dealkylation sites (N-methyl/N-ethyl adjacent to an activating group) is 1. The second-order valence-corrected chi connectivity index (χ2v) is 8.07. The first kappa shape index (κ1) is 16.8. The molecule has 0 aliphatic carbocycles. The summed E-state index contributed by atoms with van der Waals surface area (Å²) in [5.74, 6) is 0.0241. The summed E-state index contributed by atoms with van der Waals surface area (Å²) in [6.45, 7) is 10.3. The molecule has 0 unspecified atom stereocenters. The van der Waals surface area contributed by atoms with E-state index in [0.717, 1.165) is 5.56 Å². The van der Waals surface area contributed by atoms with Crippen LogP contribution in [0.4, 0.5) is 4.79 Å². The fourth-order valence-corrected chi connectivity index (χ4v) is 3.67. The minimum atomic E-state index is -0.366. The first-order valence-electron chi connectivity index (χ1n) is 8.60. The Balaban J connectivity index is 1.73. The van der Waals surface area contributed by atoms with Gasteiger partial charge >= 0.3 is 6.03 Å². The van der Waals surface area contributed by atoms with Crippen molar-refractivity contribution < 1.29 is 9.59 Å². The highest BCUT2D eigenvalue weighted by molar-refractivity contribution is 5.89. The maximum atomic E-state index is 12.7. The molecule has 0 spiro atoms. The number of carbonyl (C=O) groups excluding carboxylic acids is 2. The molecule has 3 rings (SSSR count). The van der Waals surface area contributed by atoms with Crippen molar-refractivity contribution in [1.29, 1.82) is 0 Å². The lowest BCUT2D eigenvalue weighted by molar-refractivity contribution is -0.139. The molecule has 5 heteroatoms. The third kappa shape index (κ3) is 2.87. The summed E-state index contributed by atoms with van der Waals surface area (Å²) >= 11 is 0. The maximum Gasteiger partial charge on any atom is 0.321 e. The first-order chi connectivity index (χ1) is 11.2. The lowest BCUT2D eigenvalue weighted by Crippen LogP contribution is -2.58. The Hall–Kier alpha value is -2.04. The highest BCUT2D eigenvalue weighted by Crippen LogP contribution is 2.27. The molecule has 1 aromatic rings. The molecule has 0 saturated carbocycles. The van der Waals surface area contributed by atoms with E-state index in [1.807, 2.05) is 18.9 Å². The number of rotatable bonds is 2. The molecule has 0 radical (unpaired) electrons. The van der Waals surface area contributed by atoms with Gasteiger partial charge in [0.15, 0.2) is 0 Å². The molecule has 0 N–H and O–H groups in total. The SMILES string of the molecule is C[C@H]1C(=O)N(C)C[C@@H]2CN(Cc3ccc(C(C)(C)C)cc3)C(=O)N21. The van der Waals surface area contributed by atoms with E-state index in [0.29, 0.717) is 19.6 Å². The van der Waals surface area contributed by atoms with Crippen LogP contribution in [0, 0.1) is 0 Å². The predicted molar refractivity (Wildman–Crippen MR) is 93.7 cm³/mol. The number of amides is 3. The van der Waals surface area contributed by atoms with Gasteiger partial charge in [0.25, 0.3) is 0 Å². The van der Waals surface area contributed by atoms with Crippen LogP contribution in [0.3, 0.4) is 0 Å². The summed E-state index contributed by atoms with van der Waals surface area (Å²) < 4.78 is 0. The molecule has 2 atom stereocenters. The van der Waals surface area contributed by atoms with E-state index in [-0.39, 0.29) is 29.4 Å². The number of fused-ring (bicyclic) bond motifs is 1. The van der Waals surface area contributed by atoms with Crippen LogP contribution < -0.4 is 0 Å². The van der Waals surface area contributed by atoms with Crippen LogP contribution in [-0.4, -0.2) is 58.9 Å². The monoisotopic (exact) mass is 329 g/mol. The average Bonchev–Trinajstić information content (AvgIpc) is 2.80. The van der Waals surface area contributed by atoms with Gasteiger partial charge in [-0.25, -0.2) is 4.79 Å². The summed E-state index contributed by atoms with van der Waals surface area (Å²) in [6.07, 6.45) is 0. The lowest BCUT2D eigenvalue weighted by Gasteiger charge is -2.38. The van der Waals surface area contributed by atoms with Gasteiger partial charge in [0.1, 0.15) is 6.04 Å². The van der Waals surface area contributed by atoms with Crippen molar-refractivity contribution >= 4 is 11.9 Å². The zero-order valence-electron chi connectivity index (χ0n) is 15.2. The van der Waals surface area contributed by atoms with Gasteiger partial charge in [-0.2, -0.15) is 0 Å². The van der Waals surface area contributed by atoms with E-state index in [9.17, 15) is 9.59 Å². The summed E-state index contributed by atoms with van der Waals surface area (Å²) in [6, 6.07) is 8.21. The molecule has 0 aromatic heterocycles. The minimum absolute atomic E-state index is 0.0196. The van der Waals surface area contributed by atoms with Crippen molar-refractivity contribution in [2.45, 2.75) is 51.7 Å². The van der Waals surface area contributed by atoms with E-state index in [1.54, 1.807) is 9.80 Å². The van der Waals surface area contributed by atoms with Gasteiger partial charge in [-0.3, -0.25) is 4.79 Å². The van der Waals surface area contributed by atoms with Crippen molar-refractivity contribution in [2.75, 3.05) is 20.1 Å². The van der Waals surface area contributed by atoms with Crippen LogP contribution in [0.1, 0.15) is 38.8 Å². The molecule has 2 saturated heterocycles. The third-order valence-electron chi connectivity index (χ3n) is 5.14. The minimum Gasteiger partial charge on any atom is -0.342 e. The van der Waals surface area contributed by atoms with Gasteiger partial charge in [0.05, 0.1) is 6.04 Å². The highest BCUT2D eigenvalue weighted by Gasteiger charge is 2.46. The van der Waals surface area contributed by atoms with Gasteiger partial charge in [-0.1, -0.05) is 45.0 Å². The maximum absolute atomic E-state index is 12.7. The number of hydrogen-bond acceptors (Lipinski definition) is 2. The second-order valence-electron chi connectivity index (χ2n) is 8.07. The van der Waals surface area contributed by atoms with Gasteiger partial charge in [-0.05, 0) is 23.5 Å². The molecule has 3 amide bonds. The fraction of sp³-hybridized carbons (Fsp3) is 0.579. The van der Waals surface area contributed by atoms with Crippen molar-refractivity contribution in [1.82, 2.24) is 14.7 Å². The summed E-state index contributed by atoms with van der Waals surface area (Å²) in [5, 5.41) is 0. The van der Waals surface area contributed by atoms with Crippen molar-refractivity contribution in [3.05, 3.63) is 35.4 Å². The van der Waals surface area contributed by atoms with E-state index < -0.39 is 0 Å². The molecule has 2 aliphatic rings. The number of nitrogens with zero attached hydrogens (tertiary/aromatic N) is 3. The van der Waals surface area contributed by atoms with Gasteiger partial charge in [0.2, 0.25) is 5.91 Å². The summed E-state index contributed by atoms with van der Waals surface area (Å²) in [4.78, 5) is 30.2. The summed E-state index contributed by atoms with van der Waals surface area (Å²) in [7, 11) is 1.81. The number of urea groups is 1. The van der Waals surface area contributed by atoms with E-state index in [1.165, 1.54) is 5.56 Å². The van der Waals surface area contributed by atoms with Crippen LogP contribution in [0.5, 0.6) is 0 Å². The van der Waals surface area contributed by atoms with Crippen LogP contribution in [0.15, 0.2) is 24.3 Å². The van der Waals surface area contributed by atoms with E-state index in [2.05, 4.69) is 45.0 Å². The van der Waals surface area contributed by atoms with Crippen LogP contribution in [0.25, 0.3) is 0 Å². The average molecular weight is 329 g/mol. The Bertz CT molecular complexity index is 648. The topological polar surface area (TPSA) is 43.9 Å². The molecule has 2 aliphatic heterocycles. The number of hydrogen-bond donors (Lipinski definition) is 0. The smallest absolute Gasteiger partial charge is 0.321 e. The van der Waals surface area contributed by atoms with Crippen molar-refractivity contribution in [3.63, 3.8) is 0 Å².